The Morgan fingerprint density at radius 3 is 2.37 bits per heavy atom. The largest absolute Gasteiger partial charge is 0.351 e. The average Bonchev–Trinajstić information content (AvgIpc) is 3.36. The van der Waals surface area contributed by atoms with Crippen LogP contribution in [-0.4, -0.2) is 14.7 Å². The van der Waals surface area contributed by atoms with Crippen LogP contribution in [0.2, 0.25) is 0 Å². The summed E-state index contributed by atoms with van der Waals surface area (Å²) >= 11 is 5.84. The Labute approximate surface area is 211 Å². The van der Waals surface area contributed by atoms with Gasteiger partial charge in [0.05, 0.1) is 17.8 Å². The smallest absolute Gasteiger partial charge is 0.174 e. The monoisotopic (exact) mass is 484 g/mol. The van der Waals surface area contributed by atoms with E-state index in [1.165, 1.54) is 11.6 Å². The maximum Gasteiger partial charge on any atom is 0.174 e. The number of hydrogen-bond donors (Lipinski definition) is 1. The van der Waals surface area contributed by atoms with Crippen LogP contribution in [0.5, 0.6) is 0 Å². The van der Waals surface area contributed by atoms with Crippen molar-refractivity contribution in [2.75, 3.05) is 4.90 Å². The molecule has 4 nitrogen and oxygen atoms in total. The zero-order valence-electron chi connectivity index (χ0n) is 20.4. The molecular weight excluding hydrogens is 455 g/mol. The summed E-state index contributed by atoms with van der Waals surface area (Å²) in [5.41, 5.74) is 8.27. The highest BCUT2D eigenvalue weighted by Gasteiger charge is 2.42. The maximum atomic E-state index is 14.1. The normalized spacial score (nSPS) is 17.6. The van der Waals surface area contributed by atoms with Crippen molar-refractivity contribution in [2.45, 2.75) is 46.2 Å². The lowest BCUT2D eigenvalue weighted by Crippen LogP contribution is -2.29. The number of aryl methyl sites for hydroxylation is 3. The molecule has 35 heavy (non-hydrogen) atoms. The van der Waals surface area contributed by atoms with Gasteiger partial charge in [-0.1, -0.05) is 25.1 Å². The molecule has 4 aromatic rings. The molecule has 1 saturated heterocycles. The van der Waals surface area contributed by atoms with E-state index in [2.05, 4.69) is 70.9 Å². The number of anilines is 1. The Kier molecular flexibility index (Phi) is 6.15. The third kappa shape index (κ3) is 4.12. The lowest BCUT2D eigenvalue weighted by Gasteiger charge is -2.28. The van der Waals surface area contributed by atoms with Gasteiger partial charge in [0.1, 0.15) is 5.82 Å². The lowest BCUT2D eigenvalue weighted by molar-refractivity contribution is 0.564. The maximum absolute atomic E-state index is 14.1. The van der Waals surface area contributed by atoms with Crippen LogP contribution < -0.4 is 10.2 Å². The molecule has 0 saturated carbocycles. The van der Waals surface area contributed by atoms with Crippen molar-refractivity contribution >= 4 is 23.0 Å². The molecule has 3 heterocycles. The molecule has 178 valence electrons. The molecule has 2 atom stereocenters. The summed E-state index contributed by atoms with van der Waals surface area (Å²) in [6, 6.07) is 21.8. The number of benzene rings is 2. The van der Waals surface area contributed by atoms with E-state index in [1.807, 2.05) is 24.3 Å². The molecule has 0 aliphatic carbocycles. The van der Waals surface area contributed by atoms with Crippen LogP contribution in [0.3, 0.4) is 0 Å². The van der Waals surface area contributed by atoms with Crippen LogP contribution in [0, 0.1) is 26.6 Å². The molecule has 0 radical (unpaired) electrons. The Hall–Kier alpha value is -3.51. The number of nitrogens with one attached hydrogen (secondary N) is 1. The molecule has 0 amide bonds. The van der Waals surface area contributed by atoms with Gasteiger partial charge in [-0.3, -0.25) is 4.98 Å². The summed E-state index contributed by atoms with van der Waals surface area (Å²) in [7, 11) is 0. The second-order valence-electron chi connectivity index (χ2n) is 9.11. The number of thiocarbonyl (C=S) groups is 1. The van der Waals surface area contributed by atoms with Crippen molar-refractivity contribution in [3.63, 3.8) is 0 Å². The van der Waals surface area contributed by atoms with Crippen LogP contribution in [0.1, 0.15) is 52.8 Å². The summed E-state index contributed by atoms with van der Waals surface area (Å²) < 4.78 is 16.4. The van der Waals surface area contributed by atoms with Crippen LogP contribution in [0.15, 0.2) is 72.9 Å². The molecule has 1 aliphatic heterocycles. The van der Waals surface area contributed by atoms with Gasteiger partial charge in [-0.05, 0) is 105 Å². The lowest BCUT2D eigenvalue weighted by atomic mass is 9.96. The molecule has 5 rings (SSSR count). The van der Waals surface area contributed by atoms with Crippen molar-refractivity contribution < 1.29 is 4.39 Å². The summed E-state index contributed by atoms with van der Waals surface area (Å²) in [6.45, 7) is 8.23. The van der Waals surface area contributed by atoms with Crippen LogP contribution in [0.25, 0.3) is 5.69 Å². The van der Waals surface area contributed by atoms with Crippen LogP contribution in [0.4, 0.5) is 10.1 Å². The predicted octanol–water partition coefficient (Wildman–Crippen LogP) is 6.68. The van der Waals surface area contributed by atoms with Crippen molar-refractivity contribution in [1.29, 1.82) is 0 Å². The SMILES string of the molecule is CCc1ccc(-n2c(C)cc([C@@H]3[C@@H](c4ccccn4)NC(=S)N3c3ccc(F)c(C)c3)c2C)cc1. The second kappa shape index (κ2) is 9.27. The van der Waals surface area contributed by atoms with E-state index in [9.17, 15) is 4.39 Å². The van der Waals surface area contributed by atoms with Gasteiger partial charge in [0.15, 0.2) is 5.11 Å². The standard InChI is InChI=1S/C29H29FN4S/c1-5-21-9-11-22(12-10-21)33-19(3)17-24(20(33)4)28-27(26-8-6-7-15-31-26)32-29(35)34(28)23-13-14-25(30)18(2)16-23/h6-17,27-28H,5H2,1-4H3,(H,32,35)/t27-,28-/m1/s1. The van der Waals surface area contributed by atoms with E-state index < -0.39 is 0 Å². The Bertz CT molecular complexity index is 1380. The van der Waals surface area contributed by atoms with Gasteiger partial charge >= 0.3 is 0 Å². The number of rotatable bonds is 5. The van der Waals surface area contributed by atoms with Gasteiger partial charge in [-0.2, -0.15) is 0 Å². The molecular formula is C29H29FN4S. The van der Waals surface area contributed by atoms with Crippen molar-refractivity contribution in [2.24, 2.45) is 0 Å². The molecule has 2 aromatic heterocycles. The van der Waals surface area contributed by atoms with E-state index in [0.717, 1.165) is 40.4 Å². The first kappa shape index (κ1) is 23.2. The minimum absolute atomic E-state index is 0.142. The van der Waals surface area contributed by atoms with E-state index in [1.54, 1.807) is 19.2 Å². The number of pyridine rings is 1. The van der Waals surface area contributed by atoms with Crippen molar-refractivity contribution in [1.82, 2.24) is 14.9 Å². The molecule has 0 bridgehead atoms. The van der Waals surface area contributed by atoms with Gasteiger partial charge in [0.25, 0.3) is 0 Å². The molecule has 0 unspecified atom stereocenters. The number of halogens is 1. The highest BCUT2D eigenvalue weighted by atomic mass is 32.1. The molecule has 6 heteroatoms. The van der Waals surface area contributed by atoms with E-state index >= 15 is 0 Å². The fourth-order valence-corrected chi connectivity index (χ4v) is 5.44. The van der Waals surface area contributed by atoms with Crippen LogP contribution >= 0.6 is 12.2 Å². The fraction of sp³-hybridized carbons (Fsp3) is 0.241. The first-order chi connectivity index (χ1) is 16.9. The predicted molar refractivity (Wildman–Crippen MR) is 144 cm³/mol. The third-order valence-corrected chi connectivity index (χ3v) is 7.22. The molecule has 2 aromatic carbocycles. The zero-order valence-corrected chi connectivity index (χ0v) is 21.2. The minimum Gasteiger partial charge on any atom is -0.351 e. The minimum atomic E-state index is -0.224. The summed E-state index contributed by atoms with van der Waals surface area (Å²) in [5, 5.41) is 4.11. The highest BCUT2D eigenvalue weighted by molar-refractivity contribution is 7.80. The second-order valence-corrected chi connectivity index (χ2v) is 9.50. The van der Waals surface area contributed by atoms with E-state index in [0.29, 0.717) is 10.7 Å². The van der Waals surface area contributed by atoms with Crippen molar-refractivity contribution in [3.05, 3.63) is 113 Å². The zero-order chi connectivity index (χ0) is 24.7. The third-order valence-electron chi connectivity index (χ3n) is 6.91. The molecule has 1 aliphatic rings. The van der Waals surface area contributed by atoms with Gasteiger partial charge < -0.3 is 14.8 Å². The van der Waals surface area contributed by atoms with Crippen LogP contribution in [-0.2, 0) is 6.42 Å². The average molecular weight is 485 g/mol. The van der Waals surface area contributed by atoms with E-state index in [-0.39, 0.29) is 17.9 Å². The number of nitrogens with zero attached hydrogens (tertiary/aromatic N) is 3. The van der Waals surface area contributed by atoms with Crippen molar-refractivity contribution in [3.8, 4) is 5.69 Å². The Morgan fingerprint density at radius 1 is 0.971 bits per heavy atom. The van der Waals surface area contributed by atoms with Gasteiger partial charge in [-0.25, -0.2) is 4.39 Å². The van der Waals surface area contributed by atoms with E-state index in [4.69, 9.17) is 12.2 Å². The quantitative estimate of drug-likeness (QED) is 0.321. The first-order valence-corrected chi connectivity index (χ1v) is 12.3. The first-order valence-electron chi connectivity index (χ1n) is 11.9. The topological polar surface area (TPSA) is 33.1 Å². The number of aromatic nitrogens is 2. The summed E-state index contributed by atoms with van der Waals surface area (Å²) in [4.78, 5) is 6.76. The summed E-state index contributed by atoms with van der Waals surface area (Å²) in [6.07, 6.45) is 2.82. The highest BCUT2D eigenvalue weighted by Crippen LogP contribution is 2.44. The van der Waals surface area contributed by atoms with Gasteiger partial charge in [0, 0.05) is 29.0 Å². The molecule has 0 spiro atoms. The summed E-state index contributed by atoms with van der Waals surface area (Å²) in [5.74, 6) is -0.224. The molecule has 1 N–H and O–H groups in total. The Morgan fingerprint density at radius 2 is 1.71 bits per heavy atom. The fourth-order valence-electron chi connectivity index (χ4n) is 5.09. The number of hydrogen-bond acceptors (Lipinski definition) is 2. The molecule has 1 fully saturated rings. The van der Waals surface area contributed by atoms with Gasteiger partial charge in [0.2, 0.25) is 0 Å². The Balaban J connectivity index is 1.66. The van der Waals surface area contributed by atoms with Gasteiger partial charge in [-0.15, -0.1) is 0 Å².